The van der Waals surface area contributed by atoms with Crippen LogP contribution < -0.4 is 0 Å². The standard InChI is InChI=1S/C31H41BrN2O/c1-3-24(2)20-30(27-13-5-4-6-14-27)16-18-31(19-17-30)23-33(22-26-12-7-8-15-28(26)32)29(35)34(31)21-25-10-9-11-25/h4-8,12-15,24-25H,3,9-11,16-23H2,1-2H3. The molecule has 1 spiro atoms. The Balaban J connectivity index is 1.40. The van der Waals surface area contributed by atoms with Gasteiger partial charge in [0.05, 0.1) is 5.54 Å². The number of carbonyl (C=O) groups excluding carboxylic acids is 1. The Morgan fingerprint density at radius 1 is 1.00 bits per heavy atom. The van der Waals surface area contributed by atoms with Gasteiger partial charge in [0.2, 0.25) is 0 Å². The van der Waals surface area contributed by atoms with Crippen LogP contribution in [0.25, 0.3) is 0 Å². The Bertz CT molecular complexity index is 1010. The summed E-state index contributed by atoms with van der Waals surface area (Å²) in [6, 6.07) is 19.9. The van der Waals surface area contributed by atoms with Crippen molar-refractivity contribution in [2.45, 2.75) is 89.1 Å². The second kappa shape index (κ2) is 10.3. The number of rotatable bonds is 8. The smallest absolute Gasteiger partial charge is 0.318 e. The lowest BCUT2D eigenvalue weighted by Gasteiger charge is -2.50. The average Bonchev–Trinajstić information content (AvgIpc) is 3.10. The molecule has 3 fully saturated rings. The molecule has 1 unspecified atom stereocenters. The van der Waals surface area contributed by atoms with Crippen LogP contribution in [0.1, 0.15) is 82.8 Å². The van der Waals surface area contributed by atoms with Gasteiger partial charge in [-0.3, -0.25) is 0 Å². The number of urea groups is 1. The number of amides is 2. The van der Waals surface area contributed by atoms with Gasteiger partial charge < -0.3 is 9.80 Å². The van der Waals surface area contributed by atoms with E-state index in [0.29, 0.717) is 18.4 Å². The molecule has 1 atom stereocenters. The molecule has 188 valence electrons. The van der Waals surface area contributed by atoms with E-state index in [-0.39, 0.29) is 17.0 Å². The third-order valence-corrected chi connectivity index (χ3v) is 10.3. The van der Waals surface area contributed by atoms with E-state index in [4.69, 9.17) is 0 Å². The van der Waals surface area contributed by atoms with Gasteiger partial charge in [0.15, 0.2) is 0 Å². The molecule has 1 saturated heterocycles. The number of benzene rings is 2. The van der Waals surface area contributed by atoms with Crippen molar-refractivity contribution in [3.8, 4) is 0 Å². The fraction of sp³-hybridized carbons (Fsp3) is 0.581. The largest absolute Gasteiger partial charge is 0.320 e. The predicted octanol–water partition coefficient (Wildman–Crippen LogP) is 8.17. The highest BCUT2D eigenvalue weighted by Crippen LogP contribution is 2.51. The molecule has 2 aromatic rings. The molecular weight excluding hydrogens is 496 g/mol. The maximum Gasteiger partial charge on any atom is 0.320 e. The van der Waals surface area contributed by atoms with Gasteiger partial charge in [-0.1, -0.05) is 91.1 Å². The summed E-state index contributed by atoms with van der Waals surface area (Å²) in [4.78, 5) is 18.3. The van der Waals surface area contributed by atoms with Crippen LogP contribution in [0.4, 0.5) is 4.79 Å². The van der Waals surface area contributed by atoms with Crippen molar-refractivity contribution in [1.82, 2.24) is 9.80 Å². The Morgan fingerprint density at radius 3 is 2.31 bits per heavy atom. The number of hydrogen-bond acceptors (Lipinski definition) is 1. The van der Waals surface area contributed by atoms with Gasteiger partial charge >= 0.3 is 6.03 Å². The van der Waals surface area contributed by atoms with Crippen molar-refractivity contribution in [3.63, 3.8) is 0 Å². The van der Waals surface area contributed by atoms with E-state index in [1.54, 1.807) is 0 Å². The normalized spacial score (nSPS) is 27.9. The highest BCUT2D eigenvalue weighted by Gasteiger charge is 2.54. The second-order valence-electron chi connectivity index (χ2n) is 11.7. The molecule has 4 heteroatoms. The summed E-state index contributed by atoms with van der Waals surface area (Å²) in [7, 11) is 0. The first-order chi connectivity index (χ1) is 16.9. The molecule has 1 heterocycles. The lowest BCUT2D eigenvalue weighted by atomic mass is 9.60. The van der Waals surface area contributed by atoms with Gasteiger partial charge in [-0.2, -0.15) is 0 Å². The predicted molar refractivity (Wildman–Crippen MR) is 147 cm³/mol. The Labute approximate surface area is 220 Å². The van der Waals surface area contributed by atoms with Crippen LogP contribution in [-0.4, -0.2) is 34.5 Å². The second-order valence-corrected chi connectivity index (χ2v) is 12.6. The molecule has 3 aliphatic rings. The van der Waals surface area contributed by atoms with E-state index in [2.05, 4.69) is 88.1 Å². The molecule has 2 saturated carbocycles. The Hall–Kier alpha value is -1.81. The van der Waals surface area contributed by atoms with E-state index < -0.39 is 0 Å². The van der Waals surface area contributed by atoms with Gasteiger partial charge in [-0.15, -0.1) is 0 Å². The van der Waals surface area contributed by atoms with Crippen LogP contribution >= 0.6 is 15.9 Å². The first kappa shape index (κ1) is 24.9. The third-order valence-electron chi connectivity index (χ3n) is 9.50. The fourth-order valence-electron chi connectivity index (χ4n) is 6.88. The molecule has 0 radical (unpaired) electrons. The molecule has 5 rings (SSSR count). The zero-order valence-corrected chi connectivity index (χ0v) is 23.1. The SMILES string of the molecule is CCC(C)CC1(c2ccccc2)CCC2(CC1)CN(Cc1ccccc1Br)C(=O)N2CC1CCC1. The first-order valence-corrected chi connectivity index (χ1v) is 14.6. The van der Waals surface area contributed by atoms with Crippen molar-refractivity contribution in [3.05, 3.63) is 70.2 Å². The minimum atomic E-state index is -0.0122. The number of halogens is 1. The molecule has 2 amide bonds. The van der Waals surface area contributed by atoms with Gasteiger partial charge in [0, 0.05) is 24.1 Å². The molecule has 2 aromatic carbocycles. The van der Waals surface area contributed by atoms with Crippen LogP contribution in [0.15, 0.2) is 59.1 Å². The minimum Gasteiger partial charge on any atom is -0.318 e. The van der Waals surface area contributed by atoms with Crippen LogP contribution in [0.2, 0.25) is 0 Å². The van der Waals surface area contributed by atoms with Crippen LogP contribution in [0.5, 0.6) is 0 Å². The van der Waals surface area contributed by atoms with Crippen molar-refractivity contribution >= 4 is 22.0 Å². The summed E-state index contributed by atoms with van der Waals surface area (Å²) in [5.74, 6) is 1.41. The van der Waals surface area contributed by atoms with E-state index in [0.717, 1.165) is 30.4 Å². The zero-order valence-electron chi connectivity index (χ0n) is 21.5. The van der Waals surface area contributed by atoms with E-state index in [9.17, 15) is 4.79 Å². The van der Waals surface area contributed by atoms with Crippen molar-refractivity contribution < 1.29 is 4.79 Å². The zero-order chi connectivity index (χ0) is 24.5. The summed E-state index contributed by atoms with van der Waals surface area (Å²) in [5.41, 5.74) is 2.94. The molecular formula is C31H41BrN2O. The average molecular weight is 538 g/mol. The maximum atomic E-state index is 13.9. The quantitative estimate of drug-likeness (QED) is 0.333. The van der Waals surface area contributed by atoms with E-state index in [1.165, 1.54) is 56.1 Å². The number of hydrogen-bond donors (Lipinski definition) is 0. The Kier molecular flexibility index (Phi) is 7.30. The lowest BCUT2D eigenvalue weighted by Crippen LogP contribution is -2.54. The first-order valence-electron chi connectivity index (χ1n) is 13.8. The summed E-state index contributed by atoms with van der Waals surface area (Å²) >= 11 is 3.71. The molecule has 1 aliphatic heterocycles. The van der Waals surface area contributed by atoms with Crippen molar-refractivity contribution in [2.75, 3.05) is 13.1 Å². The topological polar surface area (TPSA) is 23.6 Å². The van der Waals surface area contributed by atoms with Crippen LogP contribution in [0.3, 0.4) is 0 Å². The van der Waals surface area contributed by atoms with Gasteiger partial charge in [-0.25, -0.2) is 4.79 Å². The molecule has 3 nitrogen and oxygen atoms in total. The fourth-order valence-corrected chi connectivity index (χ4v) is 7.29. The van der Waals surface area contributed by atoms with Gasteiger partial charge in [0.25, 0.3) is 0 Å². The van der Waals surface area contributed by atoms with E-state index >= 15 is 0 Å². The molecule has 0 aromatic heterocycles. The molecule has 0 bridgehead atoms. The molecule has 2 aliphatic carbocycles. The van der Waals surface area contributed by atoms with Crippen molar-refractivity contribution in [1.29, 1.82) is 0 Å². The maximum absolute atomic E-state index is 13.9. The monoisotopic (exact) mass is 536 g/mol. The summed E-state index contributed by atoms with van der Waals surface area (Å²) in [6.45, 7) is 7.25. The highest BCUT2D eigenvalue weighted by atomic mass is 79.9. The minimum absolute atomic E-state index is 0.0122. The van der Waals surface area contributed by atoms with Gasteiger partial charge in [-0.05, 0) is 79.4 Å². The summed E-state index contributed by atoms with van der Waals surface area (Å²) in [5, 5.41) is 0. The third kappa shape index (κ3) is 4.92. The van der Waals surface area contributed by atoms with Gasteiger partial charge in [0.1, 0.15) is 0 Å². The summed E-state index contributed by atoms with van der Waals surface area (Å²) in [6.07, 6.45) is 11.0. The highest BCUT2D eigenvalue weighted by molar-refractivity contribution is 9.10. The van der Waals surface area contributed by atoms with E-state index in [1.807, 2.05) is 6.07 Å². The summed E-state index contributed by atoms with van der Waals surface area (Å²) < 4.78 is 1.10. The van der Waals surface area contributed by atoms with Crippen LogP contribution in [0, 0.1) is 11.8 Å². The Morgan fingerprint density at radius 2 is 1.69 bits per heavy atom. The lowest BCUT2D eigenvalue weighted by molar-refractivity contribution is 0.0589. The van der Waals surface area contributed by atoms with Crippen molar-refractivity contribution in [2.24, 2.45) is 11.8 Å². The molecule has 35 heavy (non-hydrogen) atoms. The molecule has 0 N–H and O–H groups in total. The number of nitrogens with zero attached hydrogens (tertiary/aromatic N) is 2. The van der Waals surface area contributed by atoms with Crippen LogP contribution in [-0.2, 0) is 12.0 Å². The number of carbonyl (C=O) groups is 1.